The summed E-state index contributed by atoms with van der Waals surface area (Å²) in [4.78, 5) is 8.79. The Kier molecular flexibility index (Phi) is 4.99. The maximum absolute atomic E-state index is 4.18. The summed E-state index contributed by atoms with van der Waals surface area (Å²) < 4.78 is 0. The maximum Gasteiger partial charge on any atom is 0.0893 e. The summed E-state index contributed by atoms with van der Waals surface area (Å²) in [6.07, 6.45) is 5.20. The van der Waals surface area contributed by atoms with Gasteiger partial charge in [0.2, 0.25) is 0 Å². The first kappa shape index (κ1) is 14.4. The van der Waals surface area contributed by atoms with E-state index >= 15 is 0 Å². The van der Waals surface area contributed by atoms with Crippen LogP contribution in [0, 0.1) is 0 Å². The van der Waals surface area contributed by atoms with Crippen LogP contribution in [0.3, 0.4) is 0 Å². The molecule has 1 aromatic carbocycles. The SMILES string of the molecule is CCC1=CN(CC)CN1C.c1ccc2ncccc2c1. The lowest BCUT2D eigenvalue weighted by atomic mass is 10.2. The Labute approximate surface area is 121 Å². The molecule has 0 spiro atoms. The van der Waals surface area contributed by atoms with Gasteiger partial charge in [-0.05, 0) is 25.5 Å². The van der Waals surface area contributed by atoms with Gasteiger partial charge in [-0.25, -0.2) is 0 Å². The Morgan fingerprint density at radius 3 is 2.45 bits per heavy atom. The molecule has 0 saturated heterocycles. The molecular weight excluding hydrogens is 246 g/mol. The van der Waals surface area contributed by atoms with Crippen molar-refractivity contribution in [1.29, 1.82) is 0 Å². The first-order valence-electron chi connectivity index (χ1n) is 7.20. The zero-order valence-electron chi connectivity index (χ0n) is 12.6. The number of hydrogen-bond acceptors (Lipinski definition) is 3. The van der Waals surface area contributed by atoms with Crippen molar-refractivity contribution in [1.82, 2.24) is 14.8 Å². The van der Waals surface area contributed by atoms with E-state index in [1.807, 2.05) is 30.5 Å². The number of allylic oxidation sites excluding steroid dienone is 1. The van der Waals surface area contributed by atoms with Crippen LogP contribution in [0.5, 0.6) is 0 Å². The van der Waals surface area contributed by atoms with Crippen molar-refractivity contribution < 1.29 is 0 Å². The standard InChI is InChI=1S/C9H7N.C8H16N2/c1-2-6-9-8(4-1)5-3-7-10-9;1-4-8-6-10(5-2)7-9(8)3/h1-7H;6H,4-5,7H2,1-3H3. The summed E-state index contributed by atoms with van der Waals surface area (Å²) in [7, 11) is 2.14. The summed E-state index contributed by atoms with van der Waals surface area (Å²) in [6, 6.07) is 12.1. The summed E-state index contributed by atoms with van der Waals surface area (Å²) in [5, 5.41) is 1.20. The lowest BCUT2D eigenvalue weighted by Crippen LogP contribution is -2.23. The number of fused-ring (bicyclic) bond motifs is 1. The number of nitrogens with zero attached hydrogens (tertiary/aromatic N) is 3. The fourth-order valence-electron chi connectivity index (χ4n) is 2.28. The third kappa shape index (κ3) is 3.50. The molecule has 1 aliphatic heterocycles. The molecule has 3 rings (SSSR count). The number of benzene rings is 1. The highest BCUT2D eigenvalue weighted by Gasteiger charge is 2.13. The molecule has 1 aromatic heterocycles. The van der Waals surface area contributed by atoms with Crippen LogP contribution in [0.15, 0.2) is 54.5 Å². The van der Waals surface area contributed by atoms with Crippen LogP contribution in [0.25, 0.3) is 10.9 Å². The first-order chi connectivity index (χ1) is 9.74. The summed E-state index contributed by atoms with van der Waals surface area (Å²) in [5.74, 6) is 0. The van der Waals surface area contributed by atoms with Crippen LogP contribution in [0.4, 0.5) is 0 Å². The highest BCUT2D eigenvalue weighted by atomic mass is 15.3. The van der Waals surface area contributed by atoms with E-state index in [4.69, 9.17) is 0 Å². The average Bonchev–Trinajstić information content (AvgIpc) is 2.88. The first-order valence-corrected chi connectivity index (χ1v) is 7.20. The zero-order chi connectivity index (χ0) is 14.4. The number of hydrogen-bond donors (Lipinski definition) is 0. The number of rotatable bonds is 2. The van der Waals surface area contributed by atoms with Crippen molar-refractivity contribution >= 4 is 10.9 Å². The van der Waals surface area contributed by atoms with Crippen LogP contribution >= 0.6 is 0 Å². The minimum absolute atomic E-state index is 1.06. The van der Waals surface area contributed by atoms with Gasteiger partial charge in [-0.1, -0.05) is 31.2 Å². The summed E-state index contributed by atoms with van der Waals surface area (Å²) in [6.45, 7) is 6.57. The quantitative estimate of drug-likeness (QED) is 0.828. The van der Waals surface area contributed by atoms with Gasteiger partial charge in [0.1, 0.15) is 0 Å². The van der Waals surface area contributed by atoms with E-state index in [9.17, 15) is 0 Å². The van der Waals surface area contributed by atoms with Gasteiger partial charge >= 0.3 is 0 Å². The normalized spacial score (nSPS) is 14.1. The van der Waals surface area contributed by atoms with Crippen molar-refractivity contribution in [3.63, 3.8) is 0 Å². The van der Waals surface area contributed by atoms with Gasteiger partial charge in [-0.15, -0.1) is 0 Å². The Balaban J connectivity index is 0.000000147. The monoisotopic (exact) mass is 269 g/mol. The molecule has 0 radical (unpaired) electrons. The van der Waals surface area contributed by atoms with Crippen LogP contribution in [-0.2, 0) is 0 Å². The lowest BCUT2D eigenvalue weighted by Gasteiger charge is -2.17. The van der Waals surface area contributed by atoms with E-state index in [1.165, 1.54) is 11.1 Å². The largest absolute Gasteiger partial charge is 0.359 e. The molecule has 0 unspecified atom stereocenters. The van der Waals surface area contributed by atoms with Crippen molar-refractivity contribution in [3.8, 4) is 0 Å². The third-order valence-electron chi connectivity index (χ3n) is 3.50. The van der Waals surface area contributed by atoms with Gasteiger partial charge in [0.05, 0.1) is 12.2 Å². The zero-order valence-corrected chi connectivity index (χ0v) is 12.6. The van der Waals surface area contributed by atoms with Gasteiger partial charge in [0.25, 0.3) is 0 Å². The number of aromatic nitrogens is 1. The smallest absolute Gasteiger partial charge is 0.0893 e. The van der Waals surface area contributed by atoms with E-state index in [2.05, 4.69) is 54.0 Å². The predicted octanol–water partition coefficient (Wildman–Crippen LogP) is 3.70. The molecule has 0 fully saturated rings. The van der Waals surface area contributed by atoms with Crippen molar-refractivity contribution in [3.05, 3.63) is 54.5 Å². The molecule has 106 valence electrons. The Bertz CT molecular complexity index is 512. The van der Waals surface area contributed by atoms with E-state index in [1.54, 1.807) is 0 Å². The fourth-order valence-corrected chi connectivity index (χ4v) is 2.28. The molecule has 0 bridgehead atoms. The molecule has 0 saturated carbocycles. The summed E-state index contributed by atoms with van der Waals surface area (Å²) in [5.41, 5.74) is 2.51. The number of para-hydroxylation sites is 1. The van der Waals surface area contributed by atoms with Gasteiger partial charge in [0.15, 0.2) is 0 Å². The van der Waals surface area contributed by atoms with E-state index in [-0.39, 0.29) is 0 Å². The third-order valence-corrected chi connectivity index (χ3v) is 3.50. The topological polar surface area (TPSA) is 19.4 Å². The Morgan fingerprint density at radius 2 is 1.85 bits per heavy atom. The number of pyridine rings is 1. The van der Waals surface area contributed by atoms with E-state index in [0.29, 0.717) is 0 Å². The molecule has 3 heteroatoms. The van der Waals surface area contributed by atoms with Gasteiger partial charge in [-0.2, -0.15) is 0 Å². The average molecular weight is 269 g/mol. The fraction of sp³-hybridized carbons (Fsp3) is 0.353. The molecule has 1 aliphatic rings. The van der Waals surface area contributed by atoms with Gasteiger partial charge in [0, 0.05) is 37.1 Å². The minimum atomic E-state index is 1.06. The van der Waals surface area contributed by atoms with Crippen LogP contribution in [0.1, 0.15) is 20.3 Å². The lowest BCUT2D eigenvalue weighted by molar-refractivity contribution is 0.296. The van der Waals surface area contributed by atoms with Gasteiger partial charge in [-0.3, -0.25) is 4.98 Å². The second-order valence-electron chi connectivity index (χ2n) is 4.91. The molecule has 0 aliphatic carbocycles. The minimum Gasteiger partial charge on any atom is -0.359 e. The second kappa shape index (κ2) is 6.94. The van der Waals surface area contributed by atoms with Gasteiger partial charge < -0.3 is 9.80 Å². The van der Waals surface area contributed by atoms with Crippen molar-refractivity contribution in [2.24, 2.45) is 0 Å². The molecule has 0 atom stereocenters. The van der Waals surface area contributed by atoms with Crippen molar-refractivity contribution in [2.45, 2.75) is 20.3 Å². The van der Waals surface area contributed by atoms with E-state index < -0.39 is 0 Å². The highest BCUT2D eigenvalue weighted by Crippen LogP contribution is 2.15. The van der Waals surface area contributed by atoms with Crippen molar-refractivity contribution in [2.75, 3.05) is 20.3 Å². The molecule has 3 nitrogen and oxygen atoms in total. The highest BCUT2D eigenvalue weighted by molar-refractivity contribution is 5.77. The van der Waals surface area contributed by atoms with Crippen LogP contribution in [0.2, 0.25) is 0 Å². The molecule has 0 amide bonds. The van der Waals surface area contributed by atoms with Crippen LogP contribution in [-0.4, -0.2) is 35.0 Å². The molecular formula is C17H23N3. The molecule has 2 aromatic rings. The Morgan fingerprint density at radius 1 is 1.10 bits per heavy atom. The Hall–Kier alpha value is -2.03. The van der Waals surface area contributed by atoms with Crippen LogP contribution < -0.4 is 0 Å². The molecule has 0 N–H and O–H groups in total. The second-order valence-corrected chi connectivity index (χ2v) is 4.91. The van der Waals surface area contributed by atoms with E-state index in [0.717, 1.165) is 25.2 Å². The maximum atomic E-state index is 4.18. The predicted molar refractivity (Wildman–Crippen MR) is 85.1 cm³/mol. The summed E-state index contributed by atoms with van der Waals surface area (Å²) >= 11 is 0. The molecule has 20 heavy (non-hydrogen) atoms. The molecule has 2 heterocycles.